The molecule has 0 amide bonds. The van der Waals surface area contributed by atoms with Crippen LogP contribution < -0.4 is 4.74 Å². The SMILES string of the molecule is O[C@@H]1CC2(CCC(C(F)(F)F)CC2)Oc2ccc(F)cc21. The van der Waals surface area contributed by atoms with Gasteiger partial charge >= 0.3 is 6.18 Å². The highest BCUT2D eigenvalue weighted by atomic mass is 19.4. The van der Waals surface area contributed by atoms with Gasteiger partial charge in [0.1, 0.15) is 17.2 Å². The Morgan fingerprint density at radius 1 is 1.19 bits per heavy atom. The largest absolute Gasteiger partial charge is 0.487 e. The monoisotopic (exact) mass is 304 g/mol. The lowest BCUT2D eigenvalue weighted by Gasteiger charge is -2.45. The Bertz CT molecular complexity index is 533. The summed E-state index contributed by atoms with van der Waals surface area (Å²) in [5.41, 5.74) is -0.384. The van der Waals surface area contributed by atoms with E-state index in [1.807, 2.05) is 0 Å². The molecule has 1 atom stereocenters. The summed E-state index contributed by atoms with van der Waals surface area (Å²) in [5.74, 6) is -1.38. The van der Waals surface area contributed by atoms with E-state index in [4.69, 9.17) is 4.74 Å². The number of rotatable bonds is 0. The van der Waals surface area contributed by atoms with Gasteiger partial charge in [-0.25, -0.2) is 4.39 Å². The Kier molecular flexibility index (Phi) is 3.39. The predicted molar refractivity (Wildman–Crippen MR) is 67.3 cm³/mol. The van der Waals surface area contributed by atoms with Crippen molar-refractivity contribution in [3.63, 3.8) is 0 Å². The van der Waals surface area contributed by atoms with Gasteiger partial charge < -0.3 is 9.84 Å². The lowest BCUT2D eigenvalue weighted by atomic mass is 9.74. The Labute approximate surface area is 119 Å². The molecule has 0 aromatic heterocycles. The molecule has 0 unspecified atom stereocenters. The zero-order valence-electron chi connectivity index (χ0n) is 11.3. The molecular formula is C15H16F4O2. The van der Waals surface area contributed by atoms with E-state index in [-0.39, 0.29) is 32.1 Å². The third-order valence-electron chi connectivity index (χ3n) is 4.58. The lowest BCUT2D eigenvalue weighted by Crippen LogP contribution is -2.46. The molecule has 0 saturated heterocycles. The molecule has 3 rings (SSSR count). The average molecular weight is 304 g/mol. The van der Waals surface area contributed by atoms with Gasteiger partial charge in [0.25, 0.3) is 0 Å². The standard InChI is InChI=1S/C15H16F4O2/c16-10-1-2-13-11(7-10)12(20)8-14(21-13)5-3-9(4-6-14)15(17,18)19/h1-2,7,9,12,20H,3-6,8H2/t9?,12-,14?/m1/s1. The summed E-state index contributed by atoms with van der Waals surface area (Å²) in [6.07, 6.45) is -4.33. The van der Waals surface area contributed by atoms with Crippen molar-refractivity contribution < 1.29 is 27.4 Å². The van der Waals surface area contributed by atoms with Gasteiger partial charge in [-0.05, 0) is 43.9 Å². The van der Waals surface area contributed by atoms with Crippen molar-refractivity contribution in [3.8, 4) is 5.75 Å². The molecular weight excluding hydrogens is 288 g/mol. The van der Waals surface area contributed by atoms with Gasteiger partial charge in [0.05, 0.1) is 12.0 Å². The number of aliphatic hydroxyl groups is 1. The molecule has 21 heavy (non-hydrogen) atoms. The second-order valence-corrected chi connectivity index (χ2v) is 6.00. The highest BCUT2D eigenvalue weighted by Gasteiger charge is 2.49. The van der Waals surface area contributed by atoms with Crippen LogP contribution in [-0.4, -0.2) is 16.9 Å². The molecule has 1 aliphatic heterocycles. The minimum absolute atomic E-state index is 0.00669. The summed E-state index contributed by atoms with van der Waals surface area (Å²) < 4.78 is 57.2. The van der Waals surface area contributed by atoms with Crippen LogP contribution in [0.15, 0.2) is 18.2 Å². The first kappa shape index (κ1) is 14.6. The van der Waals surface area contributed by atoms with Crippen LogP contribution in [0.25, 0.3) is 0 Å². The van der Waals surface area contributed by atoms with Gasteiger partial charge in [-0.15, -0.1) is 0 Å². The van der Waals surface area contributed by atoms with Gasteiger partial charge in [0, 0.05) is 12.0 Å². The first-order valence-corrected chi connectivity index (χ1v) is 7.02. The van der Waals surface area contributed by atoms with E-state index in [1.54, 1.807) is 0 Å². The number of benzene rings is 1. The second kappa shape index (κ2) is 4.87. The number of hydrogen-bond acceptors (Lipinski definition) is 2. The van der Waals surface area contributed by atoms with Crippen molar-refractivity contribution in [2.45, 2.75) is 50.0 Å². The Balaban J connectivity index is 1.79. The van der Waals surface area contributed by atoms with E-state index < -0.39 is 29.6 Å². The van der Waals surface area contributed by atoms with E-state index >= 15 is 0 Å². The summed E-state index contributed by atoms with van der Waals surface area (Å²) in [7, 11) is 0. The van der Waals surface area contributed by atoms with E-state index in [0.29, 0.717) is 11.3 Å². The summed E-state index contributed by atoms with van der Waals surface area (Å²) in [6.45, 7) is 0. The maximum atomic E-state index is 13.2. The molecule has 1 spiro atoms. The molecule has 1 aromatic carbocycles. The average Bonchev–Trinajstić information content (AvgIpc) is 2.39. The topological polar surface area (TPSA) is 29.5 Å². The van der Waals surface area contributed by atoms with Crippen molar-refractivity contribution in [3.05, 3.63) is 29.6 Å². The third-order valence-corrected chi connectivity index (χ3v) is 4.58. The Hall–Kier alpha value is -1.30. The quantitative estimate of drug-likeness (QED) is 0.730. The molecule has 0 bridgehead atoms. The normalized spacial score (nSPS) is 32.6. The van der Waals surface area contributed by atoms with Crippen LogP contribution in [-0.2, 0) is 0 Å². The molecule has 0 radical (unpaired) electrons. The molecule has 2 nitrogen and oxygen atoms in total. The van der Waals surface area contributed by atoms with Crippen molar-refractivity contribution >= 4 is 0 Å². The summed E-state index contributed by atoms with van der Waals surface area (Å²) in [5, 5.41) is 10.2. The van der Waals surface area contributed by atoms with Crippen molar-refractivity contribution in [2.75, 3.05) is 0 Å². The fourth-order valence-electron chi connectivity index (χ4n) is 3.39. The maximum absolute atomic E-state index is 13.2. The number of fused-ring (bicyclic) bond motifs is 1. The molecule has 1 heterocycles. The van der Waals surface area contributed by atoms with Crippen LogP contribution >= 0.6 is 0 Å². The number of alkyl halides is 3. The van der Waals surface area contributed by atoms with Crippen LogP contribution in [0.1, 0.15) is 43.8 Å². The zero-order valence-corrected chi connectivity index (χ0v) is 11.3. The highest BCUT2D eigenvalue weighted by Crippen LogP contribution is 2.49. The number of halogens is 4. The smallest absolute Gasteiger partial charge is 0.391 e. The summed E-state index contributed by atoms with van der Waals surface area (Å²) in [6, 6.07) is 3.88. The van der Waals surface area contributed by atoms with Gasteiger partial charge in [-0.2, -0.15) is 13.2 Å². The first-order valence-electron chi connectivity index (χ1n) is 7.02. The molecule has 1 aromatic rings. The minimum Gasteiger partial charge on any atom is -0.487 e. The maximum Gasteiger partial charge on any atom is 0.391 e. The molecule has 1 aliphatic carbocycles. The van der Waals surface area contributed by atoms with Gasteiger partial charge in [-0.1, -0.05) is 0 Å². The van der Waals surface area contributed by atoms with Gasteiger partial charge in [-0.3, -0.25) is 0 Å². The van der Waals surface area contributed by atoms with Crippen LogP contribution in [0.5, 0.6) is 5.75 Å². The predicted octanol–water partition coefficient (Wildman–Crippen LogP) is 4.13. The van der Waals surface area contributed by atoms with Crippen LogP contribution in [0, 0.1) is 11.7 Å². The molecule has 1 fully saturated rings. The molecule has 116 valence electrons. The number of aliphatic hydroxyl groups excluding tert-OH is 1. The van der Waals surface area contributed by atoms with E-state index in [9.17, 15) is 22.7 Å². The van der Waals surface area contributed by atoms with Crippen molar-refractivity contribution in [2.24, 2.45) is 5.92 Å². The lowest BCUT2D eigenvalue weighted by molar-refractivity contribution is -0.193. The summed E-state index contributed by atoms with van der Waals surface area (Å²) in [4.78, 5) is 0. The number of ether oxygens (including phenoxy) is 1. The number of hydrogen-bond donors (Lipinski definition) is 1. The molecule has 6 heteroatoms. The summed E-state index contributed by atoms with van der Waals surface area (Å²) >= 11 is 0. The van der Waals surface area contributed by atoms with Crippen LogP contribution in [0.4, 0.5) is 17.6 Å². The third kappa shape index (κ3) is 2.73. The first-order chi connectivity index (χ1) is 9.79. The fourth-order valence-corrected chi connectivity index (χ4v) is 3.39. The van der Waals surface area contributed by atoms with Gasteiger partial charge in [0.2, 0.25) is 0 Å². The fraction of sp³-hybridized carbons (Fsp3) is 0.600. The molecule has 1 N–H and O–H groups in total. The second-order valence-electron chi connectivity index (χ2n) is 6.00. The van der Waals surface area contributed by atoms with Gasteiger partial charge in [0.15, 0.2) is 0 Å². The molecule has 2 aliphatic rings. The van der Waals surface area contributed by atoms with Crippen molar-refractivity contribution in [1.82, 2.24) is 0 Å². The van der Waals surface area contributed by atoms with Crippen LogP contribution in [0.2, 0.25) is 0 Å². The highest BCUT2D eigenvalue weighted by molar-refractivity contribution is 5.38. The Morgan fingerprint density at radius 2 is 1.86 bits per heavy atom. The zero-order chi connectivity index (χ0) is 15.3. The van der Waals surface area contributed by atoms with Crippen LogP contribution in [0.3, 0.4) is 0 Å². The van der Waals surface area contributed by atoms with E-state index in [0.717, 1.165) is 0 Å². The Morgan fingerprint density at radius 3 is 2.48 bits per heavy atom. The van der Waals surface area contributed by atoms with E-state index in [1.165, 1.54) is 18.2 Å². The van der Waals surface area contributed by atoms with Crippen molar-refractivity contribution in [1.29, 1.82) is 0 Å². The molecule has 1 saturated carbocycles. The minimum atomic E-state index is -4.17. The van der Waals surface area contributed by atoms with E-state index in [2.05, 4.69) is 0 Å².